The van der Waals surface area contributed by atoms with Crippen molar-refractivity contribution in [3.8, 4) is 0 Å². The first-order valence-corrected chi connectivity index (χ1v) is 12.5. The van der Waals surface area contributed by atoms with Gasteiger partial charge in [0.1, 0.15) is 18.1 Å². The predicted octanol–water partition coefficient (Wildman–Crippen LogP) is 0.103. The number of anilines is 1. The van der Waals surface area contributed by atoms with Gasteiger partial charge in [-0.3, -0.25) is 14.5 Å². The standard InChI is InChI=1S/C27H32BNO9/c1-15(9-19-6-7-20(13-31)38-19)5-8-23(33)24-16(12-30)10-21-25(22(24)14-32)27(35)29(26(21)34)18-4-2-3-17(11-18)28(36)37/h2-4,6-7,9,11,21-23,25,30-33,36-37H,5,8,10,12-14H2,1H3/b15-9+/t21-,22+,23-,25-/m1/s1. The Hall–Kier alpha value is -3.06. The first-order valence-electron chi connectivity index (χ1n) is 12.5. The number of rotatable bonds is 10. The molecule has 1 aromatic carbocycles. The lowest BCUT2D eigenvalue weighted by molar-refractivity contribution is -0.123. The van der Waals surface area contributed by atoms with Crippen molar-refractivity contribution in [1.29, 1.82) is 0 Å². The molecule has 2 aliphatic rings. The highest BCUT2D eigenvalue weighted by Gasteiger charge is 2.55. The minimum atomic E-state index is -1.78. The molecule has 1 fully saturated rings. The Morgan fingerprint density at radius 1 is 1.13 bits per heavy atom. The lowest BCUT2D eigenvalue weighted by atomic mass is 9.68. The molecule has 1 aromatic heterocycles. The fraction of sp³-hybridized carbons (Fsp3) is 0.407. The summed E-state index contributed by atoms with van der Waals surface area (Å²) in [5, 5.41) is 59.8. The normalized spacial score (nSPS) is 22.8. The smallest absolute Gasteiger partial charge is 0.459 e. The number of carbonyl (C=O) groups excluding carboxylic acids is 2. The number of benzene rings is 1. The number of amides is 2. The fourth-order valence-corrected chi connectivity index (χ4v) is 5.58. The van der Waals surface area contributed by atoms with Crippen LogP contribution in [0.2, 0.25) is 0 Å². The van der Waals surface area contributed by atoms with E-state index in [9.17, 15) is 35.0 Å². The second kappa shape index (κ2) is 11.8. The van der Waals surface area contributed by atoms with Gasteiger partial charge in [-0.1, -0.05) is 17.7 Å². The number of fused-ring (bicyclic) bond motifs is 1. The average Bonchev–Trinajstić information content (AvgIpc) is 3.47. The molecule has 2 aromatic rings. The molecule has 4 atom stereocenters. The summed E-state index contributed by atoms with van der Waals surface area (Å²) in [6.07, 6.45) is 1.51. The Bertz CT molecular complexity index is 1250. The molecule has 0 unspecified atom stereocenters. The Labute approximate surface area is 220 Å². The molecule has 0 spiro atoms. The minimum Gasteiger partial charge on any atom is -0.459 e. The van der Waals surface area contributed by atoms with Gasteiger partial charge in [-0.2, -0.15) is 0 Å². The monoisotopic (exact) mass is 525 g/mol. The zero-order valence-electron chi connectivity index (χ0n) is 21.0. The molecule has 6 N–H and O–H groups in total. The van der Waals surface area contributed by atoms with Gasteiger partial charge in [0.2, 0.25) is 11.8 Å². The van der Waals surface area contributed by atoms with E-state index in [1.54, 1.807) is 18.2 Å². The van der Waals surface area contributed by atoms with Crippen molar-refractivity contribution in [3.63, 3.8) is 0 Å². The molecule has 10 nitrogen and oxygen atoms in total. The Morgan fingerprint density at radius 3 is 2.53 bits per heavy atom. The number of aliphatic hydroxyl groups is 4. The lowest BCUT2D eigenvalue weighted by Gasteiger charge is -2.36. The molecule has 2 heterocycles. The van der Waals surface area contributed by atoms with E-state index >= 15 is 0 Å². The maximum Gasteiger partial charge on any atom is 0.488 e. The molecule has 1 aliphatic carbocycles. The van der Waals surface area contributed by atoms with Crippen LogP contribution in [-0.2, 0) is 16.2 Å². The van der Waals surface area contributed by atoms with Gasteiger partial charge >= 0.3 is 7.12 Å². The fourth-order valence-electron chi connectivity index (χ4n) is 5.58. The van der Waals surface area contributed by atoms with Crippen LogP contribution in [0.1, 0.15) is 37.7 Å². The summed E-state index contributed by atoms with van der Waals surface area (Å²) < 4.78 is 5.47. The Balaban J connectivity index is 1.56. The predicted molar refractivity (Wildman–Crippen MR) is 139 cm³/mol. The van der Waals surface area contributed by atoms with Gasteiger partial charge < -0.3 is 34.9 Å². The summed E-state index contributed by atoms with van der Waals surface area (Å²) >= 11 is 0. The first-order chi connectivity index (χ1) is 18.2. The van der Waals surface area contributed by atoms with Crippen molar-refractivity contribution in [1.82, 2.24) is 0 Å². The average molecular weight is 525 g/mol. The van der Waals surface area contributed by atoms with Gasteiger partial charge in [0.15, 0.2) is 0 Å². The van der Waals surface area contributed by atoms with Crippen molar-refractivity contribution in [2.45, 2.75) is 38.9 Å². The molecule has 0 bridgehead atoms. The molecule has 1 aliphatic heterocycles. The number of carbonyl (C=O) groups is 2. The number of furan rings is 1. The maximum absolute atomic E-state index is 13.5. The third kappa shape index (κ3) is 5.39. The topological polar surface area (TPSA) is 172 Å². The number of imide groups is 1. The first kappa shape index (κ1) is 28.0. The van der Waals surface area contributed by atoms with Crippen LogP contribution in [0.5, 0.6) is 0 Å². The summed E-state index contributed by atoms with van der Waals surface area (Å²) in [4.78, 5) is 27.9. The SMILES string of the molecule is C/C(=C\c1ccc(CO)o1)CC[C@@H](O)C1=C(CO)C[C@H]2C(=O)N(c3cccc(B(O)O)c3)C(=O)[C@H]2[C@H]1CO. The number of aliphatic hydroxyl groups excluding tert-OH is 4. The highest BCUT2D eigenvalue weighted by Crippen LogP contribution is 2.47. The number of hydrogen-bond donors (Lipinski definition) is 6. The number of hydrogen-bond acceptors (Lipinski definition) is 9. The van der Waals surface area contributed by atoms with Crippen molar-refractivity contribution in [2.24, 2.45) is 17.8 Å². The van der Waals surface area contributed by atoms with E-state index in [0.717, 1.165) is 10.5 Å². The molecule has 38 heavy (non-hydrogen) atoms. The van der Waals surface area contributed by atoms with Crippen LogP contribution < -0.4 is 10.4 Å². The van der Waals surface area contributed by atoms with Crippen molar-refractivity contribution >= 4 is 36.2 Å². The quantitative estimate of drug-likeness (QED) is 0.143. The van der Waals surface area contributed by atoms with E-state index in [1.807, 2.05) is 6.92 Å². The van der Waals surface area contributed by atoms with Gasteiger partial charge in [-0.15, -0.1) is 0 Å². The van der Waals surface area contributed by atoms with E-state index < -0.39 is 56.0 Å². The molecule has 0 radical (unpaired) electrons. The molecule has 4 rings (SSSR count). The lowest BCUT2D eigenvalue weighted by Crippen LogP contribution is -2.39. The third-order valence-corrected chi connectivity index (χ3v) is 7.40. The molecule has 0 saturated carbocycles. The molecule has 202 valence electrons. The van der Waals surface area contributed by atoms with Gasteiger partial charge in [0.05, 0.1) is 36.8 Å². The molecule has 11 heteroatoms. The van der Waals surface area contributed by atoms with Crippen LogP contribution in [0.3, 0.4) is 0 Å². The Morgan fingerprint density at radius 2 is 1.89 bits per heavy atom. The third-order valence-electron chi connectivity index (χ3n) is 7.40. The van der Waals surface area contributed by atoms with Crippen LogP contribution in [0.25, 0.3) is 6.08 Å². The zero-order chi connectivity index (χ0) is 27.6. The summed E-state index contributed by atoms with van der Waals surface area (Å²) in [6, 6.07) is 9.22. The number of nitrogens with zero attached hydrogens (tertiary/aromatic N) is 1. The summed E-state index contributed by atoms with van der Waals surface area (Å²) in [5.74, 6) is -2.64. The highest BCUT2D eigenvalue weighted by atomic mass is 16.4. The molecule has 2 amide bonds. The summed E-state index contributed by atoms with van der Waals surface area (Å²) in [5.41, 5.74) is 2.01. The van der Waals surface area contributed by atoms with Gasteiger partial charge in [-0.05, 0) is 73.1 Å². The van der Waals surface area contributed by atoms with E-state index in [-0.39, 0.29) is 30.6 Å². The van der Waals surface area contributed by atoms with Crippen LogP contribution in [0, 0.1) is 17.8 Å². The zero-order valence-corrected chi connectivity index (χ0v) is 21.0. The van der Waals surface area contributed by atoms with Gasteiger partial charge in [0, 0.05) is 5.92 Å². The molecular weight excluding hydrogens is 493 g/mol. The van der Waals surface area contributed by atoms with Crippen molar-refractivity contribution < 1.29 is 44.5 Å². The van der Waals surface area contributed by atoms with E-state index in [2.05, 4.69) is 0 Å². The van der Waals surface area contributed by atoms with Crippen LogP contribution in [0.15, 0.2) is 57.5 Å². The molecule has 1 saturated heterocycles. The molecular formula is C27H32BNO9. The number of allylic oxidation sites excluding steroid dienone is 1. The maximum atomic E-state index is 13.5. The largest absolute Gasteiger partial charge is 0.488 e. The van der Waals surface area contributed by atoms with Gasteiger partial charge in [-0.25, -0.2) is 0 Å². The van der Waals surface area contributed by atoms with E-state index in [4.69, 9.17) is 9.52 Å². The second-order valence-corrected chi connectivity index (χ2v) is 9.83. The van der Waals surface area contributed by atoms with Crippen LogP contribution >= 0.6 is 0 Å². The Kier molecular flexibility index (Phi) is 8.66. The summed E-state index contributed by atoms with van der Waals surface area (Å²) in [6.45, 7) is 0.737. The second-order valence-electron chi connectivity index (χ2n) is 9.83. The van der Waals surface area contributed by atoms with Gasteiger partial charge in [0.25, 0.3) is 0 Å². The summed E-state index contributed by atoms with van der Waals surface area (Å²) in [7, 11) is -1.78. The van der Waals surface area contributed by atoms with Crippen LogP contribution in [-0.4, -0.2) is 68.7 Å². The minimum absolute atomic E-state index is 0.0681. The highest BCUT2D eigenvalue weighted by molar-refractivity contribution is 6.58. The van der Waals surface area contributed by atoms with Crippen molar-refractivity contribution in [3.05, 3.63) is 64.6 Å². The van der Waals surface area contributed by atoms with Crippen molar-refractivity contribution in [2.75, 3.05) is 18.1 Å². The van der Waals surface area contributed by atoms with E-state index in [0.29, 0.717) is 29.1 Å². The van der Waals surface area contributed by atoms with E-state index in [1.165, 1.54) is 24.3 Å². The van der Waals surface area contributed by atoms with Crippen LogP contribution in [0.4, 0.5) is 5.69 Å².